The molecule has 1 N–H and O–H groups in total. The van der Waals surface area contributed by atoms with Gasteiger partial charge in [0.15, 0.2) is 0 Å². The molecule has 0 aliphatic carbocycles. The second-order valence-corrected chi connectivity index (χ2v) is 5.60. The van der Waals surface area contributed by atoms with E-state index in [0.717, 1.165) is 16.7 Å². The van der Waals surface area contributed by atoms with Crippen molar-refractivity contribution in [2.75, 3.05) is 7.05 Å². The third kappa shape index (κ3) is 2.85. The number of benzene rings is 1. The van der Waals surface area contributed by atoms with Gasteiger partial charge < -0.3 is 14.7 Å². The molecule has 1 amide bonds. The number of likely N-dealkylation sites (N-methyl/N-ethyl adjacent to an activating group) is 1. The average Bonchev–Trinajstić information content (AvgIpc) is 3.03. The molecule has 0 radical (unpaired) electrons. The summed E-state index contributed by atoms with van der Waals surface area (Å²) in [6.07, 6.45) is 0.0210. The molecule has 0 spiro atoms. The third-order valence-electron chi connectivity index (χ3n) is 3.35. The maximum atomic E-state index is 12.2. The summed E-state index contributed by atoms with van der Waals surface area (Å²) in [7, 11) is 1.72. The number of carbonyl (C=O) groups excluding carboxylic acids is 1. The quantitative estimate of drug-likeness (QED) is 0.946. The Bertz CT molecular complexity index is 725. The number of amides is 1. The van der Waals surface area contributed by atoms with E-state index in [-0.39, 0.29) is 5.91 Å². The van der Waals surface area contributed by atoms with Gasteiger partial charge in [-0.15, -0.1) is 0 Å². The van der Waals surface area contributed by atoms with Crippen molar-refractivity contribution in [3.05, 3.63) is 29.0 Å². The summed E-state index contributed by atoms with van der Waals surface area (Å²) in [5, 5.41) is 4.45. The molecular formula is C14H15ClN4O2. The summed E-state index contributed by atoms with van der Waals surface area (Å²) in [6, 6.07) is 5.44. The number of halogens is 1. The standard InChI is InChI=1S/C14H15ClN4O2/c1-8-5-12(21-18-8)14(20)19(2)7-13-16-10-4-3-9(15)6-11(10)17-13/h3-4,6,12H,5,7H2,1-2H3,(H,16,17)/t12-/m1/s1. The molecule has 1 aromatic heterocycles. The molecular weight excluding hydrogens is 292 g/mol. The monoisotopic (exact) mass is 306 g/mol. The molecule has 21 heavy (non-hydrogen) atoms. The summed E-state index contributed by atoms with van der Waals surface area (Å²) < 4.78 is 0. The van der Waals surface area contributed by atoms with Gasteiger partial charge in [-0.2, -0.15) is 0 Å². The smallest absolute Gasteiger partial charge is 0.267 e. The molecule has 0 bridgehead atoms. The van der Waals surface area contributed by atoms with Crippen molar-refractivity contribution in [3.63, 3.8) is 0 Å². The molecule has 1 aromatic carbocycles. The summed E-state index contributed by atoms with van der Waals surface area (Å²) in [5.74, 6) is 0.604. The highest BCUT2D eigenvalue weighted by atomic mass is 35.5. The topological polar surface area (TPSA) is 70.6 Å². The zero-order valence-electron chi connectivity index (χ0n) is 11.8. The Morgan fingerprint density at radius 3 is 3.10 bits per heavy atom. The van der Waals surface area contributed by atoms with Crippen molar-refractivity contribution in [3.8, 4) is 0 Å². The van der Waals surface area contributed by atoms with Gasteiger partial charge in [-0.05, 0) is 25.1 Å². The summed E-state index contributed by atoms with van der Waals surface area (Å²) >= 11 is 5.94. The molecule has 1 aliphatic rings. The van der Waals surface area contributed by atoms with Crippen LogP contribution < -0.4 is 0 Å². The van der Waals surface area contributed by atoms with E-state index in [1.165, 1.54) is 0 Å². The molecule has 110 valence electrons. The minimum Gasteiger partial charge on any atom is -0.382 e. The second-order valence-electron chi connectivity index (χ2n) is 5.16. The third-order valence-corrected chi connectivity index (χ3v) is 3.58. The van der Waals surface area contributed by atoms with E-state index in [0.29, 0.717) is 23.8 Å². The van der Waals surface area contributed by atoms with Gasteiger partial charge in [0.25, 0.3) is 5.91 Å². The Kier molecular flexibility index (Phi) is 3.55. The van der Waals surface area contributed by atoms with E-state index >= 15 is 0 Å². The Labute approximate surface area is 126 Å². The lowest BCUT2D eigenvalue weighted by molar-refractivity contribution is -0.141. The van der Waals surface area contributed by atoms with E-state index in [9.17, 15) is 4.79 Å². The normalized spacial score (nSPS) is 17.7. The van der Waals surface area contributed by atoms with E-state index < -0.39 is 6.10 Å². The van der Waals surface area contributed by atoms with Crippen LogP contribution in [0.25, 0.3) is 11.0 Å². The van der Waals surface area contributed by atoms with Gasteiger partial charge in [-0.1, -0.05) is 16.8 Å². The Balaban J connectivity index is 1.71. The highest BCUT2D eigenvalue weighted by Crippen LogP contribution is 2.18. The molecule has 7 heteroatoms. The Hall–Kier alpha value is -2.08. The van der Waals surface area contributed by atoms with Crippen molar-refractivity contribution in [2.45, 2.75) is 26.0 Å². The van der Waals surface area contributed by atoms with Crippen molar-refractivity contribution in [1.82, 2.24) is 14.9 Å². The first-order valence-electron chi connectivity index (χ1n) is 6.61. The molecule has 2 aromatic rings. The zero-order valence-corrected chi connectivity index (χ0v) is 12.5. The second kappa shape index (κ2) is 5.37. The first kappa shape index (κ1) is 13.9. The maximum Gasteiger partial charge on any atom is 0.267 e. The average molecular weight is 307 g/mol. The zero-order chi connectivity index (χ0) is 15.0. The van der Waals surface area contributed by atoms with Gasteiger partial charge in [0.05, 0.1) is 23.3 Å². The summed E-state index contributed by atoms with van der Waals surface area (Å²) in [5.41, 5.74) is 2.52. The van der Waals surface area contributed by atoms with Gasteiger partial charge in [0.2, 0.25) is 6.10 Å². The van der Waals surface area contributed by atoms with Gasteiger partial charge in [-0.3, -0.25) is 4.79 Å². The number of rotatable bonds is 3. The van der Waals surface area contributed by atoms with Crippen molar-refractivity contribution in [1.29, 1.82) is 0 Å². The lowest BCUT2D eigenvalue weighted by atomic mass is 10.2. The predicted octanol–water partition coefficient (Wildman–Crippen LogP) is 2.34. The number of H-pyrrole nitrogens is 1. The van der Waals surface area contributed by atoms with Crippen LogP contribution >= 0.6 is 11.6 Å². The molecule has 1 atom stereocenters. The molecule has 6 nitrogen and oxygen atoms in total. The number of hydrogen-bond acceptors (Lipinski definition) is 4. The first-order chi connectivity index (χ1) is 10.0. The fourth-order valence-electron chi connectivity index (χ4n) is 2.29. The number of fused-ring (bicyclic) bond motifs is 1. The maximum absolute atomic E-state index is 12.2. The molecule has 1 aliphatic heterocycles. The van der Waals surface area contributed by atoms with Gasteiger partial charge in [-0.25, -0.2) is 4.98 Å². The van der Waals surface area contributed by atoms with Crippen LogP contribution in [0.5, 0.6) is 0 Å². The fourth-order valence-corrected chi connectivity index (χ4v) is 2.46. The van der Waals surface area contributed by atoms with Crippen LogP contribution in [0, 0.1) is 0 Å². The van der Waals surface area contributed by atoms with Crippen LogP contribution in [0.4, 0.5) is 0 Å². The minimum atomic E-state index is -0.520. The number of aromatic nitrogens is 2. The molecule has 0 fully saturated rings. The number of hydrogen-bond donors (Lipinski definition) is 1. The Morgan fingerprint density at radius 1 is 1.57 bits per heavy atom. The first-order valence-corrected chi connectivity index (χ1v) is 6.99. The number of nitrogens with zero attached hydrogens (tertiary/aromatic N) is 3. The van der Waals surface area contributed by atoms with E-state index in [4.69, 9.17) is 16.4 Å². The summed E-state index contributed by atoms with van der Waals surface area (Å²) in [4.78, 5) is 26.5. The Morgan fingerprint density at radius 2 is 2.38 bits per heavy atom. The van der Waals surface area contributed by atoms with Crippen molar-refractivity contribution in [2.24, 2.45) is 5.16 Å². The molecule has 3 rings (SSSR count). The molecule has 0 saturated heterocycles. The summed E-state index contributed by atoms with van der Waals surface area (Å²) in [6.45, 7) is 2.22. The largest absolute Gasteiger partial charge is 0.382 e. The molecule has 0 saturated carbocycles. The van der Waals surface area contributed by atoms with Gasteiger partial charge in [0, 0.05) is 18.5 Å². The van der Waals surface area contributed by atoms with E-state index in [1.54, 1.807) is 18.0 Å². The van der Waals surface area contributed by atoms with Gasteiger partial charge >= 0.3 is 0 Å². The van der Waals surface area contributed by atoms with Crippen molar-refractivity contribution >= 4 is 34.3 Å². The van der Waals surface area contributed by atoms with Crippen LogP contribution in [0.3, 0.4) is 0 Å². The van der Waals surface area contributed by atoms with E-state index in [1.807, 2.05) is 19.1 Å². The lowest BCUT2D eigenvalue weighted by Gasteiger charge is -2.18. The minimum absolute atomic E-state index is 0.103. The SMILES string of the molecule is CC1=NO[C@@H](C(=O)N(C)Cc2nc3ccc(Cl)cc3[nH]2)C1. The van der Waals surface area contributed by atoms with Gasteiger partial charge in [0.1, 0.15) is 5.82 Å². The van der Waals surface area contributed by atoms with Crippen LogP contribution in [-0.4, -0.2) is 39.6 Å². The lowest BCUT2D eigenvalue weighted by Crippen LogP contribution is -2.36. The van der Waals surface area contributed by atoms with Crippen LogP contribution in [-0.2, 0) is 16.2 Å². The number of aromatic amines is 1. The van der Waals surface area contributed by atoms with Crippen molar-refractivity contribution < 1.29 is 9.63 Å². The number of carbonyl (C=O) groups is 1. The highest BCUT2D eigenvalue weighted by molar-refractivity contribution is 6.31. The molecule has 2 heterocycles. The number of imidazole rings is 1. The van der Waals surface area contributed by atoms with Crippen LogP contribution in [0.2, 0.25) is 5.02 Å². The predicted molar refractivity (Wildman–Crippen MR) is 80.2 cm³/mol. The number of oxime groups is 1. The molecule has 0 unspecified atom stereocenters. The number of nitrogens with one attached hydrogen (secondary N) is 1. The van der Waals surface area contributed by atoms with Crippen LogP contribution in [0.1, 0.15) is 19.2 Å². The van der Waals surface area contributed by atoms with Crippen LogP contribution in [0.15, 0.2) is 23.4 Å². The fraction of sp³-hybridized carbons (Fsp3) is 0.357. The van der Waals surface area contributed by atoms with E-state index in [2.05, 4.69) is 15.1 Å². The highest BCUT2D eigenvalue weighted by Gasteiger charge is 2.29.